The van der Waals surface area contributed by atoms with Crippen molar-refractivity contribution in [2.75, 3.05) is 13.2 Å². The lowest BCUT2D eigenvalue weighted by Crippen LogP contribution is -2.29. The number of hydrogen-bond acceptors (Lipinski definition) is 3. The number of ether oxygens (including phenoxy) is 1. The molecule has 5 heteroatoms. The monoisotopic (exact) mass is 328 g/mol. The van der Waals surface area contributed by atoms with Crippen LogP contribution in [0.4, 0.5) is 0 Å². The first-order valence-electron chi connectivity index (χ1n) is 8.00. The highest BCUT2D eigenvalue weighted by Crippen LogP contribution is 2.22. The van der Waals surface area contributed by atoms with Crippen LogP contribution in [-0.4, -0.2) is 29.8 Å². The molecule has 24 heavy (non-hydrogen) atoms. The number of carbonyl (C=O) groups excluding carboxylic acids is 2. The number of ketones is 1. The zero-order valence-corrected chi connectivity index (χ0v) is 14.9. The van der Waals surface area contributed by atoms with Crippen molar-refractivity contribution >= 4 is 11.7 Å². The minimum Gasteiger partial charge on any atom is -0.491 e. The lowest BCUT2D eigenvalue weighted by molar-refractivity contribution is 0.0941. The first-order valence-corrected chi connectivity index (χ1v) is 8.00. The Bertz CT molecular complexity index is 755. The van der Waals surface area contributed by atoms with Crippen LogP contribution in [0.3, 0.4) is 0 Å². The van der Waals surface area contributed by atoms with Crippen LogP contribution >= 0.6 is 0 Å². The maximum absolute atomic E-state index is 12.3. The number of Topliss-reactive ketones (excluding diaryl/α,β-unsaturated/α-hetero) is 1. The Morgan fingerprint density at radius 2 is 1.75 bits per heavy atom. The van der Waals surface area contributed by atoms with Gasteiger partial charge in [0.2, 0.25) is 0 Å². The Labute approximate surface area is 142 Å². The summed E-state index contributed by atoms with van der Waals surface area (Å²) in [6, 6.07) is 5.98. The smallest absolute Gasteiger partial charge is 0.268 e. The number of aromatic nitrogens is 1. The summed E-state index contributed by atoms with van der Waals surface area (Å²) in [7, 11) is 0. The number of hydrogen-bond donors (Lipinski definition) is 2. The van der Waals surface area contributed by atoms with E-state index in [-0.39, 0.29) is 11.7 Å². The number of carbonyl (C=O) groups is 2. The van der Waals surface area contributed by atoms with Gasteiger partial charge >= 0.3 is 0 Å². The molecule has 0 aliphatic carbocycles. The second-order valence-corrected chi connectivity index (χ2v) is 6.01. The van der Waals surface area contributed by atoms with Crippen molar-refractivity contribution < 1.29 is 14.3 Å². The van der Waals surface area contributed by atoms with E-state index in [1.807, 2.05) is 32.0 Å². The van der Waals surface area contributed by atoms with Crippen LogP contribution in [0, 0.1) is 27.7 Å². The summed E-state index contributed by atoms with van der Waals surface area (Å²) < 4.78 is 5.77. The van der Waals surface area contributed by atoms with Crippen molar-refractivity contribution in [1.82, 2.24) is 10.3 Å². The van der Waals surface area contributed by atoms with E-state index in [0.29, 0.717) is 30.0 Å². The summed E-state index contributed by atoms with van der Waals surface area (Å²) in [5.74, 6) is 0.587. The molecular weight excluding hydrogens is 304 g/mol. The van der Waals surface area contributed by atoms with Crippen molar-refractivity contribution in [1.29, 1.82) is 0 Å². The van der Waals surface area contributed by atoms with E-state index in [1.54, 1.807) is 13.8 Å². The number of aryl methyl sites for hydroxylation is 3. The van der Waals surface area contributed by atoms with E-state index >= 15 is 0 Å². The molecule has 0 radical (unpaired) electrons. The predicted molar refractivity (Wildman–Crippen MR) is 94.0 cm³/mol. The fourth-order valence-electron chi connectivity index (χ4n) is 2.94. The number of rotatable bonds is 6. The Morgan fingerprint density at radius 3 is 2.29 bits per heavy atom. The number of para-hydroxylation sites is 1. The predicted octanol–water partition coefficient (Wildman–Crippen LogP) is 3.26. The zero-order valence-electron chi connectivity index (χ0n) is 14.9. The number of H-pyrrole nitrogens is 1. The average molecular weight is 328 g/mol. The van der Waals surface area contributed by atoms with Gasteiger partial charge in [-0.2, -0.15) is 0 Å². The number of nitrogens with one attached hydrogen (secondary N) is 2. The first kappa shape index (κ1) is 17.8. The van der Waals surface area contributed by atoms with Gasteiger partial charge in [0.05, 0.1) is 6.54 Å². The number of amides is 1. The Kier molecular flexibility index (Phi) is 5.44. The molecule has 0 saturated heterocycles. The van der Waals surface area contributed by atoms with Crippen LogP contribution in [0.15, 0.2) is 18.2 Å². The lowest BCUT2D eigenvalue weighted by Gasteiger charge is -2.12. The molecule has 0 bridgehead atoms. The van der Waals surface area contributed by atoms with Gasteiger partial charge in [0.1, 0.15) is 18.1 Å². The normalized spacial score (nSPS) is 10.5. The standard InChI is InChI=1S/C19H24N2O3/c1-11-7-6-8-12(2)18(11)24-10-9-20-19(23)17-13(3)16(15(5)22)14(4)21-17/h6-8,21H,9-10H2,1-5H3,(H,20,23). The molecule has 5 nitrogen and oxygen atoms in total. The van der Waals surface area contributed by atoms with Crippen LogP contribution in [0.1, 0.15) is 50.2 Å². The number of benzene rings is 1. The van der Waals surface area contributed by atoms with Gasteiger partial charge in [-0.3, -0.25) is 9.59 Å². The molecule has 0 saturated carbocycles. The molecule has 1 aromatic heterocycles. The molecule has 2 rings (SSSR count). The van der Waals surface area contributed by atoms with Crippen LogP contribution in [-0.2, 0) is 0 Å². The molecule has 1 heterocycles. The summed E-state index contributed by atoms with van der Waals surface area (Å²) in [6.45, 7) is 9.84. The molecule has 128 valence electrons. The van der Waals surface area contributed by atoms with Crippen LogP contribution in [0.2, 0.25) is 0 Å². The highest BCUT2D eigenvalue weighted by atomic mass is 16.5. The van der Waals surface area contributed by atoms with Crippen molar-refractivity contribution in [2.45, 2.75) is 34.6 Å². The van der Waals surface area contributed by atoms with Crippen molar-refractivity contribution in [2.24, 2.45) is 0 Å². The van der Waals surface area contributed by atoms with E-state index in [9.17, 15) is 9.59 Å². The third-order valence-electron chi connectivity index (χ3n) is 4.06. The summed E-state index contributed by atoms with van der Waals surface area (Å²) in [6.07, 6.45) is 0. The third kappa shape index (κ3) is 3.67. The molecular formula is C19H24N2O3. The maximum Gasteiger partial charge on any atom is 0.268 e. The second-order valence-electron chi connectivity index (χ2n) is 6.01. The highest BCUT2D eigenvalue weighted by molar-refractivity contribution is 6.02. The average Bonchev–Trinajstić information content (AvgIpc) is 2.80. The van der Waals surface area contributed by atoms with Gasteiger partial charge < -0.3 is 15.0 Å². The van der Waals surface area contributed by atoms with Crippen LogP contribution in [0.25, 0.3) is 0 Å². The summed E-state index contributed by atoms with van der Waals surface area (Å²) in [5.41, 5.74) is 4.58. The number of aromatic amines is 1. The van der Waals surface area contributed by atoms with Gasteiger partial charge in [-0.15, -0.1) is 0 Å². The van der Waals surface area contributed by atoms with Gasteiger partial charge in [-0.25, -0.2) is 0 Å². The quantitative estimate of drug-likeness (QED) is 0.631. The van der Waals surface area contributed by atoms with Gasteiger partial charge in [-0.05, 0) is 51.3 Å². The van der Waals surface area contributed by atoms with Gasteiger partial charge in [0.25, 0.3) is 5.91 Å². The van der Waals surface area contributed by atoms with Crippen molar-refractivity contribution in [3.8, 4) is 5.75 Å². The molecule has 2 N–H and O–H groups in total. The zero-order chi connectivity index (χ0) is 17.9. The van der Waals surface area contributed by atoms with Crippen LogP contribution in [0.5, 0.6) is 5.75 Å². The molecule has 0 atom stereocenters. The Morgan fingerprint density at radius 1 is 1.12 bits per heavy atom. The summed E-state index contributed by atoms with van der Waals surface area (Å²) in [4.78, 5) is 26.9. The van der Waals surface area contributed by atoms with E-state index in [1.165, 1.54) is 6.92 Å². The van der Waals surface area contributed by atoms with E-state index in [2.05, 4.69) is 10.3 Å². The molecule has 0 aliphatic rings. The minimum absolute atomic E-state index is 0.0429. The van der Waals surface area contributed by atoms with Gasteiger partial charge in [0, 0.05) is 11.3 Å². The Balaban J connectivity index is 1.95. The van der Waals surface area contributed by atoms with E-state index in [4.69, 9.17) is 4.74 Å². The first-order chi connectivity index (χ1) is 11.3. The molecule has 0 spiro atoms. The fourth-order valence-corrected chi connectivity index (χ4v) is 2.94. The summed E-state index contributed by atoms with van der Waals surface area (Å²) >= 11 is 0. The van der Waals surface area contributed by atoms with Gasteiger partial charge in [-0.1, -0.05) is 18.2 Å². The lowest BCUT2D eigenvalue weighted by atomic mass is 10.1. The third-order valence-corrected chi connectivity index (χ3v) is 4.06. The summed E-state index contributed by atoms with van der Waals surface area (Å²) in [5, 5.41) is 2.82. The van der Waals surface area contributed by atoms with Crippen molar-refractivity contribution in [3.63, 3.8) is 0 Å². The second kappa shape index (κ2) is 7.34. The van der Waals surface area contributed by atoms with Crippen molar-refractivity contribution in [3.05, 3.63) is 51.8 Å². The molecule has 2 aromatic rings. The van der Waals surface area contributed by atoms with Crippen LogP contribution < -0.4 is 10.1 Å². The molecule has 0 unspecified atom stereocenters. The highest BCUT2D eigenvalue weighted by Gasteiger charge is 2.19. The maximum atomic E-state index is 12.3. The molecule has 1 amide bonds. The topological polar surface area (TPSA) is 71.2 Å². The SMILES string of the molecule is CC(=O)c1c(C)[nH]c(C(=O)NCCOc2c(C)cccc2C)c1C. The van der Waals surface area contributed by atoms with Gasteiger partial charge in [0.15, 0.2) is 5.78 Å². The Hall–Kier alpha value is -2.56. The molecule has 1 aromatic carbocycles. The molecule has 0 fully saturated rings. The largest absolute Gasteiger partial charge is 0.491 e. The fraction of sp³-hybridized carbons (Fsp3) is 0.368. The van der Waals surface area contributed by atoms with E-state index < -0.39 is 0 Å². The minimum atomic E-state index is -0.229. The molecule has 0 aliphatic heterocycles. The van der Waals surface area contributed by atoms with E-state index in [0.717, 1.165) is 22.6 Å².